The van der Waals surface area contributed by atoms with Crippen molar-refractivity contribution in [2.24, 2.45) is 0 Å². The van der Waals surface area contributed by atoms with Crippen LogP contribution >= 0.6 is 0 Å². The van der Waals surface area contributed by atoms with Crippen molar-refractivity contribution in [2.75, 3.05) is 6.61 Å². The fourth-order valence-electron chi connectivity index (χ4n) is 1.87. The number of aliphatic hydroxyl groups is 1. The Bertz CT molecular complexity index is 503. The number of benzene rings is 2. The van der Waals surface area contributed by atoms with E-state index < -0.39 is 0 Å². The molecule has 0 heterocycles. The van der Waals surface area contributed by atoms with Crippen molar-refractivity contribution in [3.63, 3.8) is 0 Å². The van der Waals surface area contributed by atoms with Crippen LogP contribution in [0, 0.1) is 0 Å². The summed E-state index contributed by atoms with van der Waals surface area (Å²) >= 11 is 0. The first kappa shape index (κ1) is 11.9. The molecule has 1 N–H and O–H groups in total. The predicted octanol–water partition coefficient (Wildman–Crippen LogP) is 3.38. The summed E-state index contributed by atoms with van der Waals surface area (Å²) < 4.78 is 5.89. The lowest BCUT2D eigenvalue weighted by atomic mass is 10.1. The average Bonchev–Trinajstić information content (AvgIpc) is 2.28. The van der Waals surface area contributed by atoms with Crippen molar-refractivity contribution in [2.45, 2.75) is 25.9 Å². The summed E-state index contributed by atoms with van der Waals surface area (Å²) in [6, 6.07) is 14.3. The summed E-state index contributed by atoms with van der Waals surface area (Å²) in [6.45, 7) is 4.11. The average molecular weight is 230 g/mol. The van der Waals surface area contributed by atoms with Crippen molar-refractivity contribution in [1.29, 1.82) is 0 Å². The molecule has 0 unspecified atom stereocenters. The second-order valence-corrected chi connectivity index (χ2v) is 4.84. The highest BCUT2D eigenvalue weighted by Crippen LogP contribution is 2.25. The Hall–Kier alpha value is -1.54. The van der Waals surface area contributed by atoms with Gasteiger partial charge in [0, 0.05) is 13.0 Å². The zero-order chi connectivity index (χ0) is 12.3. The van der Waals surface area contributed by atoms with Crippen LogP contribution in [0.2, 0.25) is 0 Å². The molecule has 0 radical (unpaired) electrons. The number of fused-ring (bicyclic) bond motifs is 1. The topological polar surface area (TPSA) is 29.5 Å². The number of ether oxygens (including phenoxy) is 1. The highest BCUT2D eigenvalue weighted by Gasteiger charge is 2.18. The zero-order valence-corrected chi connectivity index (χ0v) is 10.3. The molecule has 0 aliphatic rings. The van der Waals surface area contributed by atoms with Gasteiger partial charge in [0.2, 0.25) is 0 Å². The summed E-state index contributed by atoms with van der Waals surface area (Å²) in [4.78, 5) is 0. The number of hydrogen-bond acceptors (Lipinski definition) is 2. The maximum atomic E-state index is 8.97. The summed E-state index contributed by atoms with van der Waals surface area (Å²) in [5.74, 6) is 0.849. The molecule has 0 fully saturated rings. The van der Waals surface area contributed by atoms with Crippen LogP contribution in [0.5, 0.6) is 5.75 Å². The van der Waals surface area contributed by atoms with Gasteiger partial charge in [0.25, 0.3) is 0 Å². The lowest BCUT2D eigenvalue weighted by Gasteiger charge is -2.25. The standard InChI is InChI=1S/C15H18O2/c1-15(2,9-10-16)17-14-8-7-12-5-3-4-6-13(12)11-14/h3-8,11,16H,9-10H2,1-2H3. The molecule has 0 aromatic heterocycles. The monoisotopic (exact) mass is 230 g/mol. The maximum Gasteiger partial charge on any atom is 0.120 e. The Labute approximate surface area is 102 Å². The number of aliphatic hydroxyl groups excluding tert-OH is 1. The SMILES string of the molecule is CC(C)(CCO)Oc1ccc2ccccc2c1. The van der Waals surface area contributed by atoms with Crippen LogP contribution in [0.25, 0.3) is 10.8 Å². The van der Waals surface area contributed by atoms with Gasteiger partial charge >= 0.3 is 0 Å². The molecule has 2 aromatic rings. The van der Waals surface area contributed by atoms with Crippen LogP contribution in [0.1, 0.15) is 20.3 Å². The third-order valence-corrected chi connectivity index (χ3v) is 2.83. The molecule has 0 atom stereocenters. The molecule has 17 heavy (non-hydrogen) atoms. The van der Waals surface area contributed by atoms with Gasteiger partial charge in [-0.3, -0.25) is 0 Å². The Morgan fingerprint density at radius 1 is 1.06 bits per heavy atom. The summed E-state index contributed by atoms with van der Waals surface area (Å²) in [5.41, 5.74) is -0.336. The maximum absolute atomic E-state index is 8.97. The Morgan fingerprint density at radius 2 is 1.76 bits per heavy atom. The molecule has 0 saturated carbocycles. The van der Waals surface area contributed by atoms with E-state index in [1.807, 2.05) is 38.1 Å². The molecule has 0 aliphatic heterocycles. The summed E-state index contributed by atoms with van der Waals surface area (Å²) in [6.07, 6.45) is 0.625. The number of hydrogen-bond donors (Lipinski definition) is 1. The molecular formula is C15H18O2. The Morgan fingerprint density at radius 3 is 2.47 bits per heavy atom. The smallest absolute Gasteiger partial charge is 0.120 e. The Balaban J connectivity index is 2.25. The van der Waals surface area contributed by atoms with Crippen LogP contribution in [0.15, 0.2) is 42.5 Å². The van der Waals surface area contributed by atoms with E-state index in [0.717, 1.165) is 5.75 Å². The fraction of sp³-hybridized carbons (Fsp3) is 0.333. The van der Waals surface area contributed by atoms with Crippen molar-refractivity contribution in [1.82, 2.24) is 0 Å². The second-order valence-electron chi connectivity index (χ2n) is 4.84. The van der Waals surface area contributed by atoms with Gasteiger partial charge in [-0.25, -0.2) is 0 Å². The van der Waals surface area contributed by atoms with Crippen LogP contribution in [0.4, 0.5) is 0 Å². The quantitative estimate of drug-likeness (QED) is 0.872. The number of rotatable bonds is 4. The minimum absolute atomic E-state index is 0.139. The Kier molecular flexibility index (Phi) is 3.34. The minimum atomic E-state index is -0.336. The molecule has 0 bridgehead atoms. The molecule has 0 saturated heterocycles. The molecule has 2 heteroatoms. The molecule has 2 rings (SSSR count). The van der Waals surface area contributed by atoms with Crippen molar-refractivity contribution in [3.05, 3.63) is 42.5 Å². The molecule has 2 nitrogen and oxygen atoms in total. The predicted molar refractivity (Wildman–Crippen MR) is 70.4 cm³/mol. The zero-order valence-electron chi connectivity index (χ0n) is 10.3. The first-order valence-corrected chi connectivity index (χ1v) is 5.89. The van der Waals surface area contributed by atoms with E-state index >= 15 is 0 Å². The third-order valence-electron chi connectivity index (χ3n) is 2.83. The lowest BCUT2D eigenvalue weighted by Crippen LogP contribution is -2.29. The highest BCUT2D eigenvalue weighted by atomic mass is 16.5. The largest absolute Gasteiger partial charge is 0.488 e. The first-order valence-electron chi connectivity index (χ1n) is 5.89. The first-order chi connectivity index (χ1) is 8.11. The van der Waals surface area contributed by atoms with E-state index in [0.29, 0.717) is 6.42 Å². The minimum Gasteiger partial charge on any atom is -0.488 e. The lowest BCUT2D eigenvalue weighted by molar-refractivity contribution is 0.0767. The fourth-order valence-corrected chi connectivity index (χ4v) is 1.87. The summed E-state index contributed by atoms with van der Waals surface area (Å²) in [5, 5.41) is 11.4. The van der Waals surface area contributed by atoms with Crippen molar-refractivity contribution >= 4 is 10.8 Å². The van der Waals surface area contributed by atoms with Gasteiger partial charge in [0.1, 0.15) is 11.4 Å². The molecule has 2 aromatic carbocycles. The van der Waals surface area contributed by atoms with E-state index in [1.165, 1.54) is 10.8 Å². The normalized spacial score (nSPS) is 11.7. The molecule has 90 valence electrons. The molecular weight excluding hydrogens is 212 g/mol. The van der Waals surface area contributed by atoms with E-state index in [-0.39, 0.29) is 12.2 Å². The summed E-state index contributed by atoms with van der Waals surface area (Å²) in [7, 11) is 0. The molecule has 0 amide bonds. The van der Waals surface area contributed by atoms with Gasteiger partial charge in [-0.05, 0) is 36.8 Å². The molecule has 0 spiro atoms. The van der Waals surface area contributed by atoms with Crippen LogP contribution < -0.4 is 4.74 Å². The van der Waals surface area contributed by atoms with Gasteiger partial charge in [0.15, 0.2) is 0 Å². The van der Waals surface area contributed by atoms with E-state index in [4.69, 9.17) is 9.84 Å². The van der Waals surface area contributed by atoms with Gasteiger partial charge in [-0.1, -0.05) is 30.3 Å². The highest BCUT2D eigenvalue weighted by molar-refractivity contribution is 5.83. The van der Waals surface area contributed by atoms with E-state index in [1.54, 1.807) is 0 Å². The van der Waals surface area contributed by atoms with Gasteiger partial charge in [-0.2, -0.15) is 0 Å². The van der Waals surface area contributed by atoms with E-state index in [2.05, 4.69) is 18.2 Å². The van der Waals surface area contributed by atoms with Gasteiger partial charge < -0.3 is 9.84 Å². The van der Waals surface area contributed by atoms with Crippen molar-refractivity contribution < 1.29 is 9.84 Å². The van der Waals surface area contributed by atoms with Crippen LogP contribution in [0.3, 0.4) is 0 Å². The van der Waals surface area contributed by atoms with Gasteiger partial charge in [0.05, 0.1) is 0 Å². The molecule has 0 aliphatic carbocycles. The van der Waals surface area contributed by atoms with Crippen LogP contribution in [-0.4, -0.2) is 17.3 Å². The van der Waals surface area contributed by atoms with Crippen LogP contribution in [-0.2, 0) is 0 Å². The van der Waals surface area contributed by atoms with Gasteiger partial charge in [-0.15, -0.1) is 0 Å². The van der Waals surface area contributed by atoms with E-state index in [9.17, 15) is 0 Å². The van der Waals surface area contributed by atoms with Crippen molar-refractivity contribution in [3.8, 4) is 5.75 Å². The second kappa shape index (κ2) is 4.76. The third kappa shape index (κ3) is 2.98.